The first kappa shape index (κ1) is 25.2. The smallest absolute Gasteiger partial charge is 0.262 e. The van der Waals surface area contributed by atoms with E-state index in [4.69, 9.17) is 9.72 Å². The van der Waals surface area contributed by atoms with E-state index in [1.54, 1.807) is 41.0 Å². The van der Waals surface area contributed by atoms with E-state index in [0.717, 1.165) is 31.6 Å². The number of imide groups is 1. The number of aromatic nitrogens is 2. The molecule has 6 rings (SSSR count). The fourth-order valence-corrected chi connectivity index (χ4v) is 5.56. The number of nitrogens with zero attached hydrogens (tertiary/aromatic N) is 4. The lowest BCUT2D eigenvalue weighted by Gasteiger charge is -2.29. The molecule has 3 heterocycles. The van der Waals surface area contributed by atoms with E-state index in [1.165, 1.54) is 4.90 Å². The van der Waals surface area contributed by atoms with Crippen LogP contribution in [0.25, 0.3) is 10.9 Å². The van der Waals surface area contributed by atoms with Crippen LogP contribution in [0, 0.1) is 0 Å². The first-order chi connectivity index (χ1) is 19.1. The lowest BCUT2D eigenvalue weighted by atomic mass is 10.0. The second-order valence-corrected chi connectivity index (χ2v) is 9.98. The number of amides is 2. The zero-order valence-corrected chi connectivity index (χ0v) is 21.7. The minimum atomic E-state index is -0.750. The summed E-state index contributed by atoms with van der Waals surface area (Å²) in [6.07, 6.45) is 1.08. The highest BCUT2D eigenvalue weighted by molar-refractivity contribution is 6.21. The van der Waals surface area contributed by atoms with Crippen molar-refractivity contribution in [2.75, 3.05) is 32.8 Å². The van der Waals surface area contributed by atoms with E-state index in [0.29, 0.717) is 54.0 Å². The summed E-state index contributed by atoms with van der Waals surface area (Å²) in [5.41, 5.74) is 2.09. The Morgan fingerprint density at radius 2 is 1.41 bits per heavy atom. The van der Waals surface area contributed by atoms with Crippen molar-refractivity contribution in [3.8, 4) is 0 Å². The van der Waals surface area contributed by atoms with Crippen LogP contribution in [0.1, 0.15) is 44.6 Å². The molecule has 0 radical (unpaired) electrons. The van der Waals surface area contributed by atoms with Gasteiger partial charge < -0.3 is 4.74 Å². The van der Waals surface area contributed by atoms with Gasteiger partial charge in [-0.2, -0.15) is 0 Å². The molecule has 3 aromatic carbocycles. The van der Waals surface area contributed by atoms with E-state index in [9.17, 15) is 14.4 Å². The van der Waals surface area contributed by atoms with Crippen molar-refractivity contribution in [1.29, 1.82) is 0 Å². The summed E-state index contributed by atoms with van der Waals surface area (Å²) < 4.78 is 7.15. The van der Waals surface area contributed by atoms with E-state index in [-0.39, 0.29) is 17.4 Å². The van der Waals surface area contributed by atoms with E-state index in [2.05, 4.69) is 4.90 Å². The van der Waals surface area contributed by atoms with Gasteiger partial charge >= 0.3 is 0 Å². The molecular formula is C31H30N4O4. The van der Waals surface area contributed by atoms with Gasteiger partial charge in [0.2, 0.25) is 0 Å². The summed E-state index contributed by atoms with van der Waals surface area (Å²) in [6.45, 7) is 4.40. The van der Waals surface area contributed by atoms with Crippen LogP contribution in [-0.2, 0) is 17.7 Å². The molecule has 0 spiro atoms. The van der Waals surface area contributed by atoms with Gasteiger partial charge in [-0.15, -0.1) is 0 Å². The molecule has 1 saturated heterocycles. The molecule has 1 fully saturated rings. The third kappa shape index (κ3) is 4.89. The monoisotopic (exact) mass is 522 g/mol. The fourth-order valence-electron chi connectivity index (χ4n) is 5.56. The van der Waals surface area contributed by atoms with Gasteiger partial charge in [0.1, 0.15) is 11.9 Å². The first-order valence-corrected chi connectivity index (χ1v) is 13.4. The van der Waals surface area contributed by atoms with Crippen LogP contribution < -0.4 is 5.56 Å². The Hall–Kier alpha value is -4.14. The van der Waals surface area contributed by atoms with E-state index < -0.39 is 6.04 Å². The number of carbonyl (C=O) groups is 2. The molecular weight excluding hydrogens is 492 g/mol. The van der Waals surface area contributed by atoms with Crippen LogP contribution in [0.3, 0.4) is 0 Å². The highest BCUT2D eigenvalue weighted by Crippen LogP contribution is 2.33. The number of morpholine rings is 1. The quantitative estimate of drug-likeness (QED) is 0.328. The molecule has 0 saturated carbocycles. The summed E-state index contributed by atoms with van der Waals surface area (Å²) >= 11 is 0. The summed E-state index contributed by atoms with van der Waals surface area (Å²) in [5, 5.41) is 0.522. The van der Waals surface area contributed by atoms with Gasteiger partial charge in [0.25, 0.3) is 17.4 Å². The van der Waals surface area contributed by atoms with Gasteiger partial charge in [-0.25, -0.2) is 4.98 Å². The SMILES string of the molecule is O=C1c2ccccc2C(=O)N1C(Cc1ccccc1)c1nc2ccccc2c(=O)n1CCCN1CCOCC1. The lowest BCUT2D eigenvalue weighted by Crippen LogP contribution is -2.40. The molecule has 1 aromatic heterocycles. The Morgan fingerprint density at radius 1 is 0.769 bits per heavy atom. The van der Waals surface area contributed by atoms with Gasteiger partial charge in [-0.1, -0.05) is 54.6 Å². The molecule has 1 atom stereocenters. The molecule has 2 aliphatic rings. The number of rotatable bonds is 8. The van der Waals surface area contributed by atoms with E-state index >= 15 is 0 Å². The molecule has 0 aliphatic carbocycles. The summed E-state index contributed by atoms with van der Waals surface area (Å²) in [4.78, 5) is 49.8. The topological polar surface area (TPSA) is 84.7 Å². The third-order valence-corrected chi connectivity index (χ3v) is 7.56. The third-order valence-electron chi connectivity index (χ3n) is 7.56. The minimum absolute atomic E-state index is 0.160. The number of fused-ring (bicyclic) bond motifs is 2. The largest absolute Gasteiger partial charge is 0.379 e. The number of hydrogen-bond donors (Lipinski definition) is 0. The van der Waals surface area contributed by atoms with Crippen LogP contribution in [0.4, 0.5) is 0 Å². The van der Waals surface area contributed by atoms with Gasteiger partial charge in [0.15, 0.2) is 0 Å². The highest BCUT2D eigenvalue weighted by atomic mass is 16.5. The summed E-state index contributed by atoms with van der Waals surface area (Å²) in [5.74, 6) is -0.295. The maximum atomic E-state index is 13.9. The maximum Gasteiger partial charge on any atom is 0.262 e. The van der Waals surface area contributed by atoms with Gasteiger partial charge in [-0.05, 0) is 36.2 Å². The zero-order valence-electron chi connectivity index (χ0n) is 21.7. The lowest BCUT2D eigenvalue weighted by molar-refractivity contribution is 0.0368. The number of hydrogen-bond acceptors (Lipinski definition) is 6. The van der Waals surface area contributed by atoms with Gasteiger partial charge in [0, 0.05) is 32.6 Å². The zero-order chi connectivity index (χ0) is 26.8. The van der Waals surface area contributed by atoms with Crippen molar-refractivity contribution in [2.45, 2.75) is 25.4 Å². The Kier molecular flexibility index (Phi) is 7.04. The summed E-state index contributed by atoms with van der Waals surface area (Å²) in [6, 6.07) is 23.1. The van der Waals surface area contributed by atoms with Crippen molar-refractivity contribution < 1.29 is 14.3 Å². The Labute approximate surface area is 226 Å². The molecule has 0 N–H and O–H groups in total. The van der Waals surface area contributed by atoms with Crippen molar-refractivity contribution in [1.82, 2.24) is 19.4 Å². The molecule has 39 heavy (non-hydrogen) atoms. The molecule has 0 bridgehead atoms. The van der Waals surface area contributed by atoms with Gasteiger partial charge in [-0.3, -0.25) is 28.8 Å². The fraction of sp³-hybridized carbons (Fsp3) is 0.290. The second kappa shape index (κ2) is 10.9. The number of ether oxygens (including phenoxy) is 1. The standard InChI is InChI=1S/C31H30N4O4/c36-29-25-13-6-7-14-26(25)32-28(34(29)16-8-15-33-17-19-39-20-18-33)27(21-22-9-2-1-3-10-22)35-30(37)23-11-4-5-12-24(23)31(35)38/h1-7,9-14,27H,8,15-21H2. The van der Waals surface area contributed by atoms with Crippen molar-refractivity contribution in [2.24, 2.45) is 0 Å². The normalized spacial score (nSPS) is 16.6. The number of carbonyl (C=O) groups excluding carboxylic acids is 2. The minimum Gasteiger partial charge on any atom is -0.379 e. The highest BCUT2D eigenvalue weighted by Gasteiger charge is 2.42. The van der Waals surface area contributed by atoms with Crippen molar-refractivity contribution >= 4 is 22.7 Å². The van der Waals surface area contributed by atoms with Crippen LogP contribution in [-0.4, -0.2) is 64.0 Å². The molecule has 2 amide bonds. The maximum absolute atomic E-state index is 13.9. The predicted molar refractivity (Wildman–Crippen MR) is 148 cm³/mol. The van der Waals surface area contributed by atoms with Crippen LogP contribution in [0.15, 0.2) is 83.7 Å². The molecule has 1 unspecified atom stereocenters. The van der Waals surface area contributed by atoms with Crippen LogP contribution >= 0.6 is 0 Å². The Morgan fingerprint density at radius 3 is 2.13 bits per heavy atom. The van der Waals surface area contributed by atoms with Crippen LogP contribution in [0.5, 0.6) is 0 Å². The first-order valence-electron chi connectivity index (χ1n) is 13.4. The average Bonchev–Trinajstić information content (AvgIpc) is 3.23. The summed E-state index contributed by atoms with van der Waals surface area (Å²) in [7, 11) is 0. The van der Waals surface area contributed by atoms with Crippen LogP contribution in [0.2, 0.25) is 0 Å². The molecule has 4 aromatic rings. The second-order valence-electron chi connectivity index (χ2n) is 9.98. The Bertz CT molecular complexity index is 1540. The molecule has 2 aliphatic heterocycles. The van der Waals surface area contributed by atoms with Crippen molar-refractivity contribution in [3.05, 3.63) is 112 Å². The van der Waals surface area contributed by atoms with Crippen molar-refractivity contribution in [3.63, 3.8) is 0 Å². The number of para-hydroxylation sites is 1. The predicted octanol–water partition coefficient (Wildman–Crippen LogP) is 3.70. The average molecular weight is 523 g/mol. The molecule has 8 heteroatoms. The molecule has 198 valence electrons. The Balaban J connectivity index is 1.45. The van der Waals surface area contributed by atoms with Gasteiger partial charge in [0.05, 0.1) is 35.2 Å². The number of benzene rings is 3. The van der Waals surface area contributed by atoms with E-state index in [1.807, 2.05) is 42.5 Å². The molecule has 8 nitrogen and oxygen atoms in total.